The molecule has 0 aromatic rings. The highest BCUT2D eigenvalue weighted by Crippen LogP contribution is 2.10. The molecule has 0 bridgehead atoms. The van der Waals surface area contributed by atoms with Crippen molar-refractivity contribution in [1.29, 1.82) is 0 Å². The molecule has 0 saturated carbocycles. The van der Waals surface area contributed by atoms with Crippen molar-refractivity contribution in [3.8, 4) is 0 Å². The molecule has 0 radical (unpaired) electrons. The number of hydrogen-bond acceptors (Lipinski definition) is 1. The predicted molar refractivity (Wildman–Crippen MR) is 35.9 cm³/mol. The van der Waals surface area contributed by atoms with Crippen molar-refractivity contribution in [3.63, 3.8) is 0 Å². The van der Waals surface area contributed by atoms with Crippen molar-refractivity contribution < 1.29 is 4.79 Å². The van der Waals surface area contributed by atoms with Crippen LogP contribution in [0.15, 0.2) is 12.7 Å². The largest absolute Gasteiger partial charge is 0.356 e. The van der Waals surface area contributed by atoms with E-state index in [1.807, 2.05) is 6.08 Å². The summed E-state index contributed by atoms with van der Waals surface area (Å²) in [5.74, 6) is 0.677. The smallest absolute Gasteiger partial charge is 0.220 e. The molecule has 2 heteroatoms. The lowest BCUT2D eigenvalue weighted by atomic mass is 10.00. The van der Waals surface area contributed by atoms with Gasteiger partial charge in [-0.3, -0.25) is 4.79 Å². The Bertz CT molecular complexity index is 121. The monoisotopic (exact) mass is 125 g/mol. The molecule has 1 rings (SSSR count). The van der Waals surface area contributed by atoms with Gasteiger partial charge >= 0.3 is 0 Å². The zero-order chi connectivity index (χ0) is 6.69. The van der Waals surface area contributed by atoms with Gasteiger partial charge in [0.25, 0.3) is 0 Å². The van der Waals surface area contributed by atoms with Crippen LogP contribution < -0.4 is 5.32 Å². The van der Waals surface area contributed by atoms with Crippen LogP contribution in [0.4, 0.5) is 0 Å². The van der Waals surface area contributed by atoms with E-state index in [1.165, 1.54) is 0 Å². The summed E-state index contributed by atoms with van der Waals surface area (Å²) in [6.45, 7) is 4.44. The Kier molecular flexibility index (Phi) is 1.88. The van der Waals surface area contributed by atoms with E-state index in [0.717, 1.165) is 13.0 Å². The van der Waals surface area contributed by atoms with E-state index in [-0.39, 0.29) is 5.91 Å². The summed E-state index contributed by atoms with van der Waals surface area (Å²) in [7, 11) is 0. The number of carbonyl (C=O) groups excluding carboxylic acids is 1. The van der Waals surface area contributed by atoms with Gasteiger partial charge in [0.1, 0.15) is 0 Å². The van der Waals surface area contributed by atoms with E-state index < -0.39 is 0 Å². The first-order valence-corrected chi connectivity index (χ1v) is 3.22. The molecule has 2 nitrogen and oxygen atoms in total. The summed E-state index contributed by atoms with van der Waals surface area (Å²) < 4.78 is 0. The minimum atomic E-state index is 0.174. The van der Waals surface area contributed by atoms with Crippen molar-refractivity contribution in [2.45, 2.75) is 12.8 Å². The highest BCUT2D eigenvalue weighted by atomic mass is 16.1. The first-order valence-electron chi connectivity index (χ1n) is 3.22. The molecule has 1 aliphatic heterocycles. The van der Waals surface area contributed by atoms with Gasteiger partial charge in [-0.25, -0.2) is 0 Å². The van der Waals surface area contributed by atoms with E-state index >= 15 is 0 Å². The van der Waals surface area contributed by atoms with Gasteiger partial charge in [0.05, 0.1) is 0 Å². The molecule has 0 aliphatic carbocycles. The van der Waals surface area contributed by atoms with Gasteiger partial charge in [0.15, 0.2) is 0 Å². The summed E-state index contributed by atoms with van der Waals surface area (Å²) in [6, 6.07) is 0. The molecule has 1 heterocycles. The molecular weight excluding hydrogens is 114 g/mol. The maximum Gasteiger partial charge on any atom is 0.220 e. The second-order valence-corrected chi connectivity index (χ2v) is 2.34. The van der Waals surface area contributed by atoms with E-state index in [1.54, 1.807) is 0 Å². The first-order chi connectivity index (χ1) is 4.33. The van der Waals surface area contributed by atoms with Crippen LogP contribution in [0.5, 0.6) is 0 Å². The summed E-state index contributed by atoms with van der Waals surface area (Å²) in [5, 5.41) is 2.77. The Morgan fingerprint density at radius 3 is 3.00 bits per heavy atom. The SMILES string of the molecule is C=CC1CCC(=O)NC1. The van der Waals surface area contributed by atoms with Crippen molar-refractivity contribution in [1.82, 2.24) is 5.32 Å². The van der Waals surface area contributed by atoms with Crippen LogP contribution in [0.3, 0.4) is 0 Å². The molecule has 1 amide bonds. The third-order valence-corrected chi connectivity index (χ3v) is 1.64. The lowest BCUT2D eigenvalue weighted by Gasteiger charge is -2.18. The Morgan fingerprint density at radius 2 is 2.56 bits per heavy atom. The van der Waals surface area contributed by atoms with Crippen LogP contribution in [0, 0.1) is 5.92 Å². The lowest BCUT2D eigenvalue weighted by molar-refractivity contribution is -0.122. The number of hydrogen-bond donors (Lipinski definition) is 1. The Labute approximate surface area is 54.9 Å². The standard InChI is InChI=1S/C7H11NO/c1-2-6-3-4-7(9)8-5-6/h2,6H,1,3-5H2,(H,8,9). The molecule has 0 aromatic carbocycles. The van der Waals surface area contributed by atoms with E-state index in [4.69, 9.17) is 0 Å². The normalized spacial score (nSPS) is 27.1. The highest BCUT2D eigenvalue weighted by Gasteiger charge is 2.13. The van der Waals surface area contributed by atoms with Gasteiger partial charge in [-0.15, -0.1) is 6.58 Å². The molecule has 1 aliphatic rings. The molecule has 1 saturated heterocycles. The molecule has 0 aromatic heterocycles. The average Bonchev–Trinajstić information content (AvgIpc) is 1.90. The predicted octanol–water partition coefficient (Wildman–Crippen LogP) is 0.699. The number of piperidine rings is 1. The number of carbonyl (C=O) groups is 1. The van der Waals surface area contributed by atoms with Gasteiger partial charge in [0, 0.05) is 13.0 Å². The molecule has 50 valence electrons. The van der Waals surface area contributed by atoms with Crippen LogP contribution in [-0.2, 0) is 4.79 Å². The van der Waals surface area contributed by atoms with Crippen molar-refractivity contribution >= 4 is 5.91 Å². The fraction of sp³-hybridized carbons (Fsp3) is 0.571. The van der Waals surface area contributed by atoms with Crippen LogP contribution >= 0.6 is 0 Å². The van der Waals surface area contributed by atoms with Gasteiger partial charge in [-0.05, 0) is 12.3 Å². The van der Waals surface area contributed by atoms with Crippen LogP contribution in [0.1, 0.15) is 12.8 Å². The highest BCUT2D eigenvalue weighted by molar-refractivity contribution is 5.76. The molecule has 9 heavy (non-hydrogen) atoms. The zero-order valence-corrected chi connectivity index (χ0v) is 5.39. The molecule has 1 atom stereocenters. The quantitative estimate of drug-likeness (QED) is 0.513. The molecule has 1 N–H and O–H groups in total. The molecule has 0 spiro atoms. The Balaban J connectivity index is 2.34. The third-order valence-electron chi connectivity index (χ3n) is 1.64. The van der Waals surface area contributed by atoms with Crippen LogP contribution in [-0.4, -0.2) is 12.5 Å². The van der Waals surface area contributed by atoms with Gasteiger partial charge in [-0.2, -0.15) is 0 Å². The van der Waals surface area contributed by atoms with Crippen molar-refractivity contribution in [2.75, 3.05) is 6.54 Å². The Morgan fingerprint density at radius 1 is 1.78 bits per heavy atom. The maximum atomic E-state index is 10.6. The number of nitrogens with one attached hydrogen (secondary N) is 1. The van der Waals surface area contributed by atoms with Gasteiger partial charge < -0.3 is 5.32 Å². The zero-order valence-electron chi connectivity index (χ0n) is 5.39. The maximum absolute atomic E-state index is 10.6. The van der Waals surface area contributed by atoms with Crippen molar-refractivity contribution in [2.24, 2.45) is 5.92 Å². The molecular formula is C7H11NO. The fourth-order valence-corrected chi connectivity index (χ4v) is 0.953. The van der Waals surface area contributed by atoms with E-state index in [2.05, 4.69) is 11.9 Å². The number of rotatable bonds is 1. The summed E-state index contributed by atoms with van der Waals surface area (Å²) in [6.07, 6.45) is 3.53. The minimum Gasteiger partial charge on any atom is -0.356 e. The summed E-state index contributed by atoms with van der Waals surface area (Å²) >= 11 is 0. The van der Waals surface area contributed by atoms with E-state index in [9.17, 15) is 4.79 Å². The second-order valence-electron chi connectivity index (χ2n) is 2.34. The van der Waals surface area contributed by atoms with Crippen LogP contribution in [0.25, 0.3) is 0 Å². The average molecular weight is 125 g/mol. The first kappa shape index (κ1) is 6.33. The summed E-state index contributed by atoms with van der Waals surface area (Å²) in [5.41, 5.74) is 0. The Hall–Kier alpha value is -0.790. The number of amides is 1. The van der Waals surface area contributed by atoms with Crippen molar-refractivity contribution in [3.05, 3.63) is 12.7 Å². The van der Waals surface area contributed by atoms with Crippen LogP contribution in [0.2, 0.25) is 0 Å². The van der Waals surface area contributed by atoms with E-state index in [0.29, 0.717) is 12.3 Å². The third kappa shape index (κ3) is 1.56. The second kappa shape index (κ2) is 2.67. The minimum absolute atomic E-state index is 0.174. The topological polar surface area (TPSA) is 29.1 Å². The molecule has 1 fully saturated rings. The fourth-order valence-electron chi connectivity index (χ4n) is 0.953. The molecule has 1 unspecified atom stereocenters. The summed E-state index contributed by atoms with van der Waals surface area (Å²) in [4.78, 5) is 10.6. The van der Waals surface area contributed by atoms with Gasteiger partial charge in [-0.1, -0.05) is 6.08 Å². The lowest BCUT2D eigenvalue weighted by Crippen LogP contribution is -2.33. The van der Waals surface area contributed by atoms with Gasteiger partial charge in [0.2, 0.25) is 5.91 Å².